The van der Waals surface area contributed by atoms with E-state index in [9.17, 15) is 9.59 Å². The number of rotatable bonds is 6. The molecular weight excluding hydrogens is 537 g/mol. The number of aromatic nitrogens is 1. The van der Waals surface area contributed by atoms with Crippen LogP contribution in [0.15, 0.2) is 82.7 Å². The summed E-state index contributed by atoms with van der Waals surface area (Å²) in [5.41, 5.74) is 3.75. The smallest absolute Gasteiger partial charge is 0.256 e. The van der Waals surface area contributed by atoms with Crippen LogP contribution in [0.4, 0.5) is 5.69 Å². The highest BCUT2D eigenvalue weighted by Crippen LogP contribution is 2.39. The number of thiazole rings is 1. The maximum absolute atomic E-state index is 12.9. The van der Waals surface area contributed by atoms with Gasteiger partial charge >= 0.3 is 0 Å². The number of hydrogen-bond donors (Lipinski definition) is 2. The molecule has 6 nitrogen and oxygen atoms in total. The van der Waals surface area contributed by atoms with Gasteiger partial charge in [0.15, 0.2) is 0 Å². The molecule has 0 atom stereocenters. The van der Waals surface area contributed by atoms with E-state index >= 15 is 0 Å². The Bertz CT molecular complexity index is 1550. The van der Waals surface area contributed by atoms with E-state index in [4.69, 9.17) is 0 Å². The maximum atomic E-state index is 12.9. The molecule has 2 heterocycles. The predicted octanol–water partition coefficient (Wildman–Crippen LogP) is 6.79. The van der Waals surface area contributed by atoms with Crippen molar-refractivity contribution in [2.75, 3.05) is 26.0 Å². The molecule has 0 bridgehead atoms. The summed E-state index contributed by atoms with van der Waals surface area (Å²) in [4.78, 5) is 34.9. The van der Waals surface area contributed by atoms with Crippen molar-refractivity contribution in [2.24, 2.45) is 0 Å². The first-order chi connectivity index (χ1) is 19.5. The molecule has 1 aliphatic rings. The summed E-state index contributed by atoms with van der Waals surface area (Å²) in [5, 5.41) is 6.79. The van der Waals surface area contributed by atoms with E-state index in [1.54, 1.807) is 35.7 Å². The van der Waals surface area contributed by atoms with Gasteiger partial charge in [0.1, 0.15) is 5.01 Å². The zero-order valence-corrected chi connectivity index (χ0v) is 24.7. The van der Waals surface area contributed by atoms with Crippen LogP contribution < -0.4 is 10.6 Å². The van der Waals surface area contributed by atoms with Crippen LogP contribution in [-0.2, 0) is 6.54 Å². The number of amides is 2. The van der Waals surface area contributed by atoms with Crippen LogP contribution in [0.3, 0.4) is 0 Å². The third-order valence-electron chi connectivity index (χ3n) is 5.87. The van der Waals surface area contributed by atoms with E-state index in [1.165, 1.54) is 11.8 Å². The lowest BCUT2D eigenvalue weighted by molar-refractivity contribution is 0.0949. The maximum Gasteiger partial charge on any atom is 0.256 e. The Hall–Kier alpha value is -3.90. The Balaban J connectivity index is 0.00000181. The SMILES string of the molecule is CC.CN(C)CCC#Cc1ccc(-c2ncc(CNC(=O)c3ccc4c(c3)NC(=O)c3ccccc3S4)s2)cc1. The van der Waals surface area contributed by atoms with E-state index < -0.39 is 0 Å². The van der Waals surface area contributed by atoms with Crippen molar-refractivity contribution >= 4 is 40.6 Å². The van der Waals surface area contributed by atoms with Gasteiger partial charge in [-0.25, -0.2) is 4.98 Å². The minimum atomic E-state index is -0.207. The fourth-order valence-corrected chi connectivity index (χ4v) is 5.71. The van der Waals surface area contributed by atoms with Crippen molar-refractivity contribution in [3.05, 3.63) is 94.5 Å². The van der Waals surface area contributed by atoms with Crippen LogP contribution in [0.25, 0.3) is 10.6 Å². The average molecular weight is 569 g/mol. The molecule has 4 aromatic rings. The first-order valence-corrected chi connectivity index (χ1v) is 14.8. The predicted molar refractivity (Wildman–Crippen MR) is 165 cm³/mol. The molecule has 0 spiro atoms. The summed E-state index contributed by atoms with van der Waals surface area (Å²) in [6, 6.07) is 20.9. The highest BCUT2D eigenvalue weighted by atomic mass is 32.2. The molecule has 1 aliphatic heterocycles. The van der Waals surface area contributed by atoms with Crippen molar-refractivity contribution in [3.63, 3.8) is 0 Å². The van der Waals surface area contributed by atoms with Crippen LogP contribution in [0, 0.1) is 11.8 Å². The third-order valence-corrected chi connectivity index (χ3v) is 8.07. The lowest BCUT2D eigenvalue weighted by atomic mass is 10.1. The molecule has 0 fully saturated rings. The van der Waals surface area contributed by atoms with E-state index in [1.807, 2.05) is 76.5 Å². The van der Waals surface area contributed by atoms with Crippen molar-refractivity contribution in [1.29, 1.82) is 0 Å². The molecule has 3 aromatic carbocycles. The number of carbonyl (C=O) groups is 2. The molecule has 2 N–H and O–H groups in total. The first-order valence-electron chi connectivity index (χ1n) is 13.2. The van der Waals surface area contributed by atoms with Gasteiger partial charge in [0, 0.05) is 50.5 Å². The fourth-order valence-electron chi connectivity index (χ4n) is 3.84. The topological polar surface area (TPSA) is 74.3 Å². The fraction of sp³-hybridized carbons (Fsp3) is 0.219. The highest BCUT2D eigenvalue weighted by Gasteiger charge is 2.20. The van der Waals surface area contributed by atoms with Gasteiger partial charge in [0.2, 0.25) is 0 Å². The molecule has 204 valence electrons. The number of fused-ring (bicyclic) bond motifs is 2. The molecule has 8 heteroatoms. The van der Waals surface area contributed by atoms with Crippen LogP contribution in [-0.4, -0.2) is 42.3 Å². The van der Waals surface area contributed by atoms with E-state index in [0.29, 0.717) is 23.4 Å². The second-order valence-electron chi connectivity index (χ2n) is 9.01. The Morgan fingerprint density at radius 3 is 2.58 bits per heavy atom. The quantitative estimate of drug-likeness (QED) is 0.251. The minimum Gasteiger partial charge on any atom is -0.347 e. The molecule has 2 amide bonds. The highest BCUT2D eigenvalue weighted by molar-refractivity contribution is 7.99. The molecule has 0 unspecified atom stereocenters. The lowest BCUT2D eigenvalue weighted by Gasteiger charge is -2.09. The zero-order valence-electron chi connectivity index (χ0n) is 23.1. The van der Waals surface area contributed by atoms with E-state index in [-0.39, 0.29) is 11.8 Å². The summed E-state index contributed by atoms with van der Waals surface area (Å²) in [7, 11) is 4.08. The number of nitrogens with one attached hydrogen (secondary N) is 2. The number of carbonyl (C=O) groups excluding carboxylic acids is 2. The third kappa shape index (κ3) is 7.39. The first kappa shape index (κ1) is 29.1. The van der Waals surface area contributed by atoms with Crippen molar-refractivity contribution in [2.45, 2.75) is 36.6 Å². The standard InChI is InChI=1S/C30H26N4O2S2.C2H6/c1-34(2)16-6-5-7-20-10-12-21(13-11-20)30-32-19-23(37-30)18-31-28(35)22-14-15-27-25(17-22)33-29(36)24-8-3-4-9-26(24)38-27;1-2/h3-4,8-15,17,19H,6,16,18H2,1-2H3,(H,31,35)(H,33,36);1-2H3. The molecular formula is C32H32N4O2S2. The average Bonchev–Trinajstić information content (AvgIpc) is 3.40. The minimum absolute atomic E-state index is 0.175. The molecule has 0 radical (unpaired) electrons. The van der Waals surface area contributed by atoms with Crippen LogP contribution in [0.2, 0.25) is 0 Å². The van der Waals surface area contributed by atoms with Gasteiger partial charge in [0.25, 0.3) is 11.8 Å². The summed E-state index contributed by atoms with van der Waals surface area (Å²) in [6.07, 6.45) is 2.63. The van der Waals surface area contributed by atoms with Gasteiger partial charge in [0.05, 0.1) is 17.8 Å². The Morgan fingerprint density at radius 2 is 1.80 bits per heavy atom. The molecule has 1 aromatic heterocycles. The number of benzene rings is 3. The van der Waals surface area contributed by atoms with Gasteiger partial charge in [-0.1, -0.05) is 61.7 Å². The summed E-state index contributed by atoms with van der Waals surface area (Å²) in [6.45, 7) is 5.32. The van der Waals surface area contributed by atoms with Gasteiger partial charge in [-0.05, 0) is 56.6 Å². The molecule has 0 saturated heterocycles. The molecule has 0 saturated carbocycles. The van der Waals surface area contributed by atoms with Crippen molar-refractivity contribution < 1.29 is 9.59 Å². The number of nitrogens with zero attached hydrogens (tertiary/aromatic N) is 2. The summed E-state index contributed by atoms with van der Waals surface area (Å²) in [5.74, 6) is 6.01. The Labute approximate surface area is 244 Å². The molecule has 40 heavy (non-hydrogen) atoms. The summed E-state index contributed by atoms with van der Waals surface area (Å²) < 4.78 is 0. The lowest BCUT2D eigenvalue weighted by Crippen LogP contribution is -2.22. The van der Waals surface area contributed by atoms with E-state index in [2.05, 4.69) is 32.4 Å². The molecule has 5 rings (SSSR count). The van der Waals surface area contributed by atoms with Crippen molar-refractivity contribution in [3.8, 4) is 22.4 Å². The van der Waals surface area contributed by atoms with Crippen molar-refractivity contribution in [1.82, 2.24) is 15.2 Å². The molecule has 0 aliphatic carbocycles. The van der Waals surface area contributed by atoms with Gasteiger partial charge in [-0.15, -0.1) is 11.3 Å². The van der Waals surface area contributed by atoms with E-state index in [0.717, 1.165) is 43.8 Å². The van der Waals surface area contributed by atoms with Gasteiger partial charge in [-0.2, -0.15) is 0 Å². The normalized spacial score (nSPS) is 11.6. The monoisotopic (exact) mass is 568 g/mol. The number of anilines is 1. The van der Waals surface area contributed by atoms with Gasteiger partial charge in [-0.3, -0.25) is 9.59 Å². The largest absolute Gasteiger partial charge is 0.347 e. The van der Waals surface area contributed by atoms with Crippen LogP contribution >= 0.6 is 23.1 Å². The van der Waals surface area contributed by atoms with Crippen LogP contribution in [0.5, 0.6) is 0 Å². The second-order valence-corrected chi connectivity index (χ2v) is 11.2. The second kappa shape index (κ2) is 13.9. The Morgan fingerprint density at radius 1 is 1.02 bits per heavy atom. The number of hydrogen-bond acceptors (Lipinski definition) is 6. The Kier molecular flexibility index (Phi) is 10.1. The van der Waals surface area contributed by atoms with Gasteiger partial charge < -0.3 is 15.5 Å². The summed E-state index contributed by atoms with van der Waals surface area (Å²) >= 11 is 3.06. The zero-order chi connectivity index (χ0) is 28.5. The van der Waals surface area contributed by atoms with Crippen LogP contribution in [0.1, 0.15) is 51.4 Å².